The summed E-state index contributed by atoms with van der Waals surface area (Å²) >= 11 is 7.19. The Morgan fingerprint density at radius 3 is 2.82 bits per heavy atom. The number of nitrogens with zero attached hydrogens (tertiary/aromatic N) is 1. The van der Waals surface area contributed by atoms with Crippen LogP contribution in [-0.4, -0.2) is 42.4 Å². The van der Waals surface area contributed by atoms with Crippen molar-refractivity contribution in [2.45, 2.75) is 31.7 Å². The van der Waals surface area contributed by atoms with Crippen LogP contribution in [0.3, 0.4) is 0 Å². The molecule has 22 heavy (non-hydrogen) atoms. The average molecular weight is 366 g/mol. The van der Waals surface area contributed by atoms with Crippen LogP contribution in [0.4, 0.5) is 0 Å². The summed E-state index contributed by atoms with van der Waals surface area (Å²) in [6, 6.07) is 3.55. The van der Waals surface area contributed by atoms with Gasteiger partial charge >= 0.3 is 0 Å². The molecule has 1 fully saturated rings. The number of rotatable bonds is 5. The molecular formula is C14H21Cl2N3O2S. The van der Waals surface area contributed by atoms with E-state index in [0.717, 1.165) is 25.8 Å². The number of carbonyl (C=O) groups is 2. The molecule has 1 aromatic rings. The van der Waals surface area contributed by atoms with Crippen LogP contribution in [0.5, 0.6) is 0 Å². The summed E-state index contributed by atoms with van der Waals surface area (Å²) < 4.78 is 0.614. The third-order valence-corrected chi connectivity index (χ3v) is 4.80. The zero-order valence-corrected chi connectivity index (χ0v) is 14.6. The third-order valence-electron chi connectivity index (χ3n) is 3.58. The average Bonchev–Trinajstić information content (AvgIpc) is 2.91. The molecule has 2 rings (SSSR count). The first kappa shape index (κ1) is 19.2. The van der Waals surface area contributed by atoms with Gasteiger partial charge in [-0.15, -0.1) is 23.7 Å². The number of thiophene rings is 1. The number of nitrogens with two attached hydrogens (primary N) is 1. The molecule has 1 saturated heterocycles. The first-order chi connectivity index (χ1) is 10.1. The van der Waals surface area contributed by atoms with E-state index >= 15 is 0 Å². The van der Waals surface area contributed by atoms with Gasteiger partial charge in [0.1, 0.15) is 0 Å². The highest BCUT2D eigenvalue weighted by Gasteiger charge is 2.28. The van der Waals surface area contributed by atoms with Crippen molar-refractivity contribution in [3.8, 4) is 0 Å². The molecule has 1 aliphatic heterocycles. The van der Waals surface area contributed by atoms with E-state index in [9.17, 15) is 9.59 Å². The summed E-state index contributed by atoms with van der Waals surface area (Å²) in [4.78, 5) is 26.6. The Morgan fingerprint density at radius 2 is 2.18 bits per heavy atom. The van der Waals surface area contributed by atoms with E-state index < -0.39 is 0 Å². The van der Waals surface area contributed by atoms with Gasteiger partial charge in [-0.2, -0.15) is 0 Å². The van der Waals surface area contributed by atoms with Gasteiger partial charge in [-0.25, -0.2) is 0 Å². The maximum absolute atomic E-state index is 12.5. The highest BCUT2D eigenvalue weighted by molar-refractivity contribution is 7.17. The molecule has 124 valence electrons. The van der Waals surface area contributed by atoms with Crippen LogP contribution >= 0.6 is 35.3 Å². The molecule has 3 N–H and O–H groups in total. The smallest absolute Gasteiger partial charge is 0.264 e. The van der Waals surface area contributed by atoms with Gasteiger partial charge in [-0.05, 0) is 31.4 Å². The second-order valence-electron chi connectivity index (χ2n) is 5.09. The Hall–Kier alpha value is -0.820. The van der Waals surface area contributed by atoms with E-state index in [1.165, 1.54) is 11.3 Å². The number of hydrogen-bond donors (Lipinski definition) is 2. The second kappa shape index (κ2) is 9.35. The Bertz CT molecular complexity index is 510. The molecule has 0 aromatic carbocycles. The number of hydrogen-bond acceptors (Lipinski definition) is 4. The number of nitrogens with one attached hydrogen (secondary N) is 1. The molecule has 1 aromatic heterocycles. The Morgan fingerprint density at radius 1 is 1.41 bits per heavy atom. The van der Waals surface area contributed by atoms with Crippen LogP contribution in [0.1, 0.15) is 35.4 Å². The minimum atomic E-state index is -0.0605. The van der Waals surface area contributed by atoms with Gasteiger partial charge in [0.2, 0.25) is 5.91 Å². The Balaban J connectivity index is 0.00000242. The van der Waals surface area contributed by atoms with E-state index in [-0.39, 0.29) is 30.3 Å². The number of likely N-dealkylation sites (tertiary alicyclic amines) is 1. The predicted molar refractivity (Wildman–Crippen MR) is 91.9 cm³/mol. The van der Waals surface area contributed by atoms with E-state index in [2.05, 4.69) is 5.32 Å². The minimum absolute atomic E-state index is 0. The number of piperidine rings is 1. The van der Waals surface area contributed by atoms with Crippen LogP contribution in [0.25, 0.3) is 0 Å². The zero-order chi connectivity index (χ0) is 15.2. The highest BCUT2D eigenvalue weighted by Crippen LogP contribution is 2.25. The molecule has 1 aliphatic rings. The van der Waals surface area contributed by atoms with Crippen molar-refractivity contribution in [2.24, 2.45) is 5.73 Å². The van der Waals surface area contributed by atoms with E-state index in [4.69, 9.17) is 17.3 Å². The summed E-state index contributed by atoms with van der Waals surface area (Å²) in [6.45, 7) is 1.56. The fourth-order valence-corrected chi connectivity index (χ4v) is 3.50. The molecule has 0 radical (unpaired) electrons. The van der Waals surface area contributed by atoms with Crippen molar-refractivity contribution in [3.63, 3.8) is 0 Å². The van der Waals surface area contributed by atoms with Gasteiger partial charge in [-0.1, -0.05) is 11.6 Å². The van der Waals surface area contributed by atoms with Gasteiger partial charge in [0, 0.05) is 32.1 Å². The first-order valence-corrected chi connectivity index (χ1v) is 8.34. The van der Waals surface area contributed by atoms with Crippen LogP contribution in [0, 0.1) is 0 Å². The quantitative estimate of drug-likeness (QED) is 0.840. The highest BCUT2D eigenvalue weighted by atomic mass is 35.5. The molecule has 1 atom stereocenters. The second-order valence-corrected chi connectivity index (χ2v) is 6.81. The van der Waals surface area contributed by atoms with Crippen LogP contribution in [0.2, 0.25) is 4.34 Å². The maximum atomic E-state index is 12.5. The molecule has 0 bridgehead atoms. The van der Waals surface area contributed by atoms with Crippen molar-refractivity contribution in [2.75, 3.05) is 19.6 Å². The lowest BCUT2D eigenvalue weighted by atomic mass is 10.0. The normalized spacial score (nSPS) is 17.7. The lowest BCUT2D eigenvalue weighted by Crippen LogP contribution is -2.49. The SMILES string of the molecule is Cl.NCCC(=O)NCC1CCCCN1C(=O)c1ccc(Cl)s1. The third kappa shape index (κ3) is 5.12. The Kier molecular flexibility index (Phi) is 8.17. The fourth-order valence-electron chi connectivity index (χ4n) is 2.50. The van der Waals surface area contributed by atoms with Crippen molar-refractivity contribution >= 4 is 47.2 Å². The predicted octanol–water partition coefficient (Wildman–Crippen LogP) is 2.28. The molecule has 0 aliphatic carbocycles. The summed E-state index contributed by atoms with van der Waals surface area (Å²) in [5.74, 6) is -0.0562. The monoisotopic (exact) mass is 365 g/mol. The molecule has 2 amide bonds. The van der Waals surface area contributed by atoms with Crippen molar-refractivity contribution in [1.29, 1.82) is 0 Å². The van der Waals surface area contributed by atoms with E-state index in [1.54, 1.807) is 12.1 Å². The van der Waals surface area contributed by atoms with Gasteiger partial charge in [0.25, 0.3) is 5.91 Å². The van der Waals surface area contributed by atoms with Gasteiger partial charge in [-0.3, -0.25) is 9.59 Å². The summed E-state index contributed by atoms with van der Waals surface area (Å²) in [5.41, 5.74) is 5.36. The minimum Gasteiger partial charge on any atom is -0.354 e. The van der Waals surface area contributed by atoms with Gasteiger partial charge in [0.15, 0.2) is 0 Å². The molecule has 8 heteroatoms. The largest absolute Gasteiger partial charge is 0.354 e. The lowest BCUT2D eigenvalue weighted by Gasteiger charge is -2.35. The molecule has 1 unspecified atom stereocenters. The lowest BCUT2D eigenvalue weighted by molar-refractivity contribution is -0.121. The molecule has 2 heterocycles. The summed E-state index contributed by atoms with van der Waals surface area (Å²) in [5, 5.41) is 2.86. The molecule has 5 nitrogen and oxygen atoms in total. The zero-order valence-electron chi connectivity index (χ0n) is 12.2. The number of amides is 2. The number of halogens is 2. The Labute approximate surface area is 145 Å². The maximum Gasteiger partial charge on any atom is 0.264 e. The number of carbonyl (C=O) groups excluding carboxylic acids is 2. The van der Waals surface area contributed by atoms with Gasteiger partial charge in [0.05, 0.1) is 9.21 Å². The summed E-state index contributed by atoms with van der Waals surface area (Å²) in [6.07, 6.45) is 3.31. The standard InChI is InChI=1S/C14H20ClN3O2S.ClH/c15-12-5-4-11(21-12)14(20)18-8-2-1-3-10(18)9-17-13(19)6-7-16;/h4-5,10H,1-3,6-9,16H2,(H,17,19);1H. The molecule has 0 saturated carbocycles. The molecule has 0 spiro atoms. The van der Waals surface area contributed by atoms with E-state index in [1.807, 2.05) is 4.90 Å². The van der Waals surface area contributed by atoms with Gasteiger partial charge < -0.3 is 16.0 Å². The first-order valence-electron chi connectivity index (χ1n) is 7.15. The van der Waals surface area contributed by atoms with Crippen LogP contribution < -0.4 is 11.1 Å². The van der Waals surface area contributed by atoms with Crippen molar-refractivity contribution in [3.05, 3.63) is 21.3 Å². The van der Waals surface area contributed by atoms with E-state index in [0.29, 0.717) is 28.7 Å². The topological polar surface area (TPSA) is 75.4 Å². The van der Waals surface area contributed by atoms with Crippen molar-refractivity contribution < 1.29 is 9.59 Å². The fraction of sp³-hybridized carbons (Fsp3) is 0.571. The van der Waals surface area contributed by atoms with Crippen molar-refractivity contribution in [1.82, 2.24) is 10.2 Å². The van der Waals surface area contributed by atoms with Crippen LogP contribution in [0.15, 0.2) is 12.1 Å². The summed E-state index contributed by atoms with van der Waals surface area (Å²) in [7, 11) is 0. The molecular weight excluding hydrogens is 345 g/mol. The van der Waals surface area contributed by atoms with Crippen LogP contribution in [-0.2, 0) is 4.79 Å².